The van der Waals surface area contributed by atoms with Crippen LogP contribution in [0.1, 0.15) is 46.1 Å². The van der Waals surface area contributed by atoms with Crippen LogP contribution < -0.4 is 5.32 Å². The quantitative estimate of drug-likeness (QED) is 0.835. The predicted octanol–water partition coefficient (Wildman–Crippen LogP) is 3.65. The number of rotatable bonds is 7. The topological polar surface area (TPSA) is 46.2 Å². The third kappa shape index (κ3) is 5.16. The van der Waals surface area contributed by atoms with Crippen molar-refractivity contribution in [2.24, 2.45) is 0 Å². The van der Waals surface area contributed by atoms with E-state index in [1.165, 1.54) is 18.4 Å². The minimum Gasteiger partial charge on any atom is -0.384 e. The van der Waals surface area contributed by atoms with Gasteiger partial charge in [-0.15, -0.1) is 0 Å². The van der Waals surface area contributed by atoms with Crippen LogP contribution in [-0.2, 0) is 16.3 Å². The van der Waals surface area contributed by atoms with Gasteiger partial charge in [-0.2, -0.15) is 0 Å². The first-order valence-electron chi connectivity index (χ1n) is 7.31. The summed E-state index contributed by atoms with van der Waals surface area (Å²) in [7, 11) is -3.05. The van der Waals surface area contributed by atoms with Gasteiger partial charge in [-0.05, 0) is 51.3 Å². The van der Waals surface area contributed by atoms with Crippen LogP contribution >= 0.6 is 0 Å². The second kappa shape index (κ2) is 7.11. The molecule has 1 aromatic carbocycles. The van der Waals surface area contributed by atoms with Crippen molar-refractivity contribution in [3.8, 4) is 0 Å². The summed E-state index contributed by atoms with van der Waals surface area (Å²) in [5, 5.41) is 3.18. The van der Waals surface area contributed by atoms with Crippen LogP contribution in [0.25, 0.3) is 0 Å². The Labute approximate surface area is 123 Å². The SMILES string of the molecule is CCCCc1ccc(NCCS(=O)(=O)C(C)(C)C)cc1. The number of benzene rings is 1. The summed E-state index contributed by atoms with van der Waals surface area (Å²) in [6.45, 7) is 7.86. The summed E-state index contributed by atoms with van der Waals surface area (Å²) >= 11 is 0. The fourth-order valence-electron chi connectivity index (χ4n) is 1.81. The van der Waals surface area contributed by atoms with E-state index in [9.17, 15) is 8.42 Å². The molecule has 1 rings (SSSR count). The lowest BCUT2D eigenvalue weighted by molar-refractivity contribution is 0.560. The standard InChI is InChI=1S/C16H27NO2S/c1-5-6-7-14-8-10-15(11-9-14)17-12-13-20(18,19)16(2,3)4/h8-11,17H,5-7,12-13H2,1-4H3. The average Bonchev–Trinajstić information content (AvgIpc) is 2.36. The first kappa shape index (κ1) is 17.0. The van der Waals surface area contributed by atoms with Gasteiger partial charge < -0.3 is 5.32 Å². The number of unbranched alkanes of at least 4 members (excludes halogenated alkanes) is 1. The number of hydrogen-bond donors (Lipinski definition) is 1. The normalized spacial score (nSPS) is 12.4. The zero-order chi connectivity index (χ0) is 15.2. The largest absolute Gasteiger partial charge is 0.384 e. The molecule has 0 heterocycles. The molecule has 20 heavy (non-hydrogen) atoms. The molecular weight excluding hydrogens is 270 g/mol. The van der Waals surface area contributed by atoms with Gasteiger partial charge in [-0.3, -0.25) is 0 Å². The molecule has 0 radical (unpaired) electrons. The molecule has 0 atom stereocenters. The summed E-state index contributed by atoms with van der Waals surface area (Å²) in [5.41, 5.74) is 2.31. The van der Waals surface area contributed by atoms with Crippen molar-refractivity contribution in [1.82, 2.24) is 0 Å². The predicted molar refractivity (Wildman–Crippen MR) is 87.1 cm³/mol. The molecule has 114 valence electrons. The monoisotopic (exact) mass is 297 g/mol. The Morgan fingerprint density at radius 1 is 1.10 bits per heavy atom. The van der Waals surface area contributed by atoms with Crippen molar-refractivity contribution in [2.45, 2.75) is 51.7 Å². The zero-order valence-electron chi connectivity index (χ0n) is 13.1. The fourth-order valence-corrected chi connectivity index (χ4v) is 2.79. The second-order valence-electron chi connectivity index (χ2n) is 6.16. The van der Waals surface area contributed by atoms with E-state index in [1.54, 1.807) is 20.8 Å². The Hall–Kier alpha value is -1.03. The van der Waals surface area contributed by atoms with Gasteiger partial charge in [-0.1, -0.05) is 25.5 Å². The van der Waals surface area contributed by atoms with Crippen molar-refractivity contribution >= 4 is 15.5 Å². The van der Waals surface area contributed by atoms with E-state index in [0.29, 0.717) is 6.54 Å². The number of aryl methyl sites for hydroxylation is 1. The highest BCUT2D eigenvalue weighted by molar-refractivity contribution is 7.92. The molecule has 0 aliphatic carbocycles. The molecule has 3 nitrogen and oxygen atoms in total. The van der Waals surface area contributed by atoms with E-state index in [2.05, 4.69) is 24.4 Å². The van der Waals surface area contributed by atoms with E-state index in [4.69, 9.17) is 0 Å². The van der Waals surface area contributed by atoms with Gasteiger partial charge in [0.05, 0.1) is 10.5 Å². The molecule has 1 aromatic rings. The fraction of sp³-hybridized carbons (Fsp3) is 0.625. The molecule has 0 spiro atoms. The smallest absolute Gasteiger partial charge is 0.156 e. The Kier molecular flexibility index (Phi) is 6.06. The number of hydrogen-bond acceptors (Lipinski definition) is 3. The van der Waals surface area contributed by atoms with Gasteiger partial charge in [0.25, 0.3) is 0 Å². The van der Waals surface area contributed by atoms with Gasteiger partial charge in [-0.25, -0.2) is 8.42 Å². The Bertz CT molecular complexity index is 498. The molecule has 0 aliphatic heterocycles. The molecule has 0 aliphatic rings. The molecule has 0 unspecified atom stereocenters. The van der Waals surface area contributed by atoms with E-state index < -0.39 is 14.6 Å². The summed E-state index contributed by atoms with van der Waals surface area (Å²) in [6, 6.07) is 8.26. The molecule has 0 bridgehead atoms. The molecule has 1 N–H and O–H groups in total. The van der Waals surface area contributed by atoms with E-state index >= 15 is 0 Å². The highest BCUT2D eigenvalue weighted by Crippen LogP contribution is 2.16. The van der Waals surface area contributed by atoms with Crippen molar-refractivity contribution in [1.29, 1.82) is 0 Å². The summed E-state index contributed by atoms with van der Waals surface area (Å²) in [5.74, 6) is 0.161. The van der Waals surface area contributed by atoms with Crippen molar-refractivity contribution in [3.63, 3.8) is 0 Å². The van der Waals surface area contributed by atoms with Crippen molar-refractivity contribution in [2.75, 3.05) is 17.6 Å². The summed E-state index contributed by atoms with van der Waals surface area (Å²) in [6.07, 6.45) is 3.51. The lowest BCUT2D eigenvalue weighted by Gasteiger charge is -2.19. The average molecular weight is 297 g/mol. The van der Waals surface area contributed by atoms with Gasteiger partial charge in [0.1, 0.15) is 0 Å². The maximum Gasteiger partial charge on any atom is 0.156 e. The highest BCUT2D eigenvalue weighted by Gasteiger charge is 2.28. The van der Waals surface area contributed by atoms with Crippen LogP contribution in [0.4, 0.5) is 5.69 Å². The van der Waals surface area contributed by atoms with Crippen LogP contribution in [-0.4, -0.2) is 25.5 Å². The molecule has 0 saturated carbocycles. The Morgan fingerprint density at radius 3 is 2.20 bits per heavy atom. The Balaban J connectivity index is 2.47. The van der Waals surface area contributed by atoms with Gasteiger partial charge in [0.15, 0.2) is 9.84 Å². The van der Waals surface area contributed by atoms with Crippen LogP contribution in [0.15, 0.2) is 24.3 Å². The highest BCUT2D eigenvalue weighted by atomic mass is 32.2. The van der Waals surface area contributed by atoms with Crippen molar-refractivity contribution in [3.05, 3.63) is 29.8 Å². The second-order valence-corrected chi connectivity index (χ2v) is 9.02. The molecule has 0 amide bonds. The van der Waals surface area contributed by atoms with Gasteiger partial charge in [0.2, 0.25) is 0 Å². The first-order chi connectivity index (χ1) is 9.26. The molecule has 0 fully saturated rings. The lowest BCUT2D eigenvalue weighted by Crippen LogP contribution is -2.32. The van der Waals surface area contributed by atoms with Gasteiger partial charge in [0, 0.05) is 12.2 Å². The minimum absolute atomic E-state index is 0.161. The molecule has 0 aromatic heterocycles. The summed E-state index contributed by atoms with van der Waals surface area (Å²) < 4.78 is 23.3. The maximum atomic E-state index is 12.0. The van der Waals surface area contributed by atoms with Crippen LogP contribution in [0.2, 0.25) is 0 Å². The number of nitrogens with one attached hydrogen (secondary N) is 1. The van der Waals surface area contributed by atoms with E-state index in [1.807, 2.05) is 12.1 Å². The van der Waals surface area contributed by atoms with Crippen LogP contribution in [0.5, 0.6) is 0 Å². The van der Waals surface area contributed by atoms with Crippen LogP contribution in [0, 0.1) is 0 Å². The van der Waals surface area contributed by atoms with Gasteiger partial charge >= 0.3 is 0 Å². The van der Waals surface area contributed by atoms with E-state index in [-0.39, 0.29) is 5.75 Å². The van der Waals surface area contributed by atoms with Crippen molar-refractivity contribution < 1.29 is 8.42 Å². The molecular formula is C16H27NO2S. The first-order valence-corrected chi connectivity index (χ1v) is 8.96. The maximum absolute atomic E-state index is 12.0. The third-order valence-corrected chi connectivity index (χ3v) is 6.01. The minimum atomic E-state index is -3.05. The summed E-state index contributed by atoms with van der Waals surface area (Å²) in [4.78, 5) is 0. The van der Waals surface area contributed by atoms with E-state index in [0.717, 1.165) is 12.1 Å². The zero-order valence-corrected chi connectivity index (χ0v) is 13.9. The Morgan fingerprint density at radius 2 is 1.70 bits per heavy atom. The number of sulfone groups is 1. The number of anilines is 1. The van der Waals surface area contributed by atoms with Crippen LogP contribution in [0.3, 0.4) is 0 Å². The molecule has 4 heteroatoms. The lowest BCUT2D eigenvalue weighted by atomic mass is 10.1. The third-order valence-electron chi connectivity index (χ3n) is 3.41. The molecule has 0 saturated heterocycles.